The van der Waals surface area contributed by atoms with Crippen molar-refractivity contribution in [2.45, 2.75) is 30.9 Å². The second-order valence-corrected chi connectivity index (χ2v) is 8.37. The number of nitrogens with zero attached hydrogens (tertiary/aromatic N) is 2. The lowest BCUT2D eigenvalue weighted by molar-refractivity contribution is -0.118. The van der Waals surface area contributed by atoms with Gasteiger partial charge in [0, 0.05) is 5.75 Å². The molecular formula is C20H21N3O2S2. The Hall–Kier alpha value is -2.38. The van der Waals surface area contributed by atoms with Crippen LogP contribution in [0.3, 0.4) is 0 Å². The predicted molar refractivity (Wildman–Crippen MR) is 111 cm³/mol. The van der Waals surface area contributed by atoms with Gasteiger partial charge in [-0.1, -0.05) is 53.4 Å². The molecule has 0 unspecified atom stereocenters. The van der Waals surface area contributed by atoms with E-state index in [1.54, 1.807) is 11.8 Å². The van der Waals surface area contributed by atoms with Gasteiger partial charge in [-0.3, -0.25) is 10.1 Å². The van der Waals surface area contributed by atoms with Gasteiger partial charge >= 0.3 is 0 Å². The molecule has 0 saturated carbocycles. The van der Waals surface area contributed by atoms with E-state index in [2.05, 4.69) is 34.6 Å². The molecule has 0 bridgehead atoms. The fourth-order valence-electron chi connectivity index (χ4n) is 2.34. The molecule has 0 fully saturated rings. The summed E-state index contributed by atoms with van der Waals surface area (Å²) in [7, 11) is 0. The Balaban J connectivity index is 1.48. The molecule has 27 heavy (non-hydrogen) atoms. The van der Waals surface area contributed by atoms with E-state index in [0.717, 1.165) is 15.7 Å². The summed E-state index contributed by atoms with van der Waals surface area (Å²) >= 11 is 2.98. The highest BCUT2D eigenvalue weighted by Gasteiger charge is 2.10. The third kappa shape index (κ3) is 5.55. The van der Waals surface area contributed by atoms with Crippen molar-refractivity contribution in [2.75, 3.05) is 11.9 Å². The number of benzene rings is 2. The van der Waals surface area contributed by atoms with Crippen molar-refractivity contribution >= 4 is 34.1 Å². The van der Waals surface area contributed by atoms with E-state index < -0.39 is 0 Å². The maximum atomic E-state index is 12.1. The van der Waals surface area contributed by atoms with Gasteiger partial charge in [0.05, 0.1) is 0 Å². The lowest BCUT2D eigenvalue weighted by Crippen LogP contribution is -2.20. The van der Waals surface area contributed by atoms with Gasteiger partial charge < -0.3 is 4.74 Å². The molecule has 0 aliphatic carbocycles. The Labute approximate surface area is 167 Å². The van der Waals surface area contributed by atoms with Crippen molar-refractivity contribution in [3.8, 4) is 5.75 Å². The first-order valence-electron chi connectivity index (χ1n) is 8.52. The van der Waals surface area contributed by atoms with E-state index in [9.17, 15) is 4.79 Å². The van der Waals surface area contributed by atoms with E-state index in [4.69, 9.17) is 4.74 Å². The minimum absolute atomic E-state index is 0.0617. The standard InChI is InChI=1S/C20H21N3O2S2/c1-13-8-9-17(10-15(13)3)25-11-18(24)21-19-22-23-20(27-19)26-12-16-7-5-4-6-14(16)2/h4-10H,11-12H2,1-3H3,(H,21,22,24). The van der Waals surface area contributed by atoms with Gasteiger partial charge in [-0.15, -0.1) is 10.2 Å². The maximum absolute atomic E-state index is 12.1. The molecule has 2 aromatic carbocycles. The van der Waals surface area contributed by atoms with E-state index in [1.165, 1.54) is 28.0 Å². The van der Waals surface area contributed by atoms with Crippen LogP contribution in [0.25, 0.3) is 0 Å². The highest BCUT2D eigenvalue weighted by molar-refractivity contribution is 8.00. The number of rotatable bonds is 7. The summed E-state index contributed by atoms with van der Waals surface area (Å²) in [5.41, 5.74) is 4.85. The second-order valence-electron chi connectivity index (χ2n) is 6.17. The van der Waals surface area contributed by atoms with Crippen LogP contribution in [-0.2, 0) is 10.5 Å². The summed E-state index contributed by atoms with van der Waals surface area (Å²) in [6.45, 7) is 6.08. The van der Waals surface area contributed by atoms with E-state index in [1.807, 2.05) is 44.2 Å². The van der Waals surface area contributed by atoms with Crippen molar-refractivity contribution < 1.29 is 9.53 Å². The predicted octanol–water partition coefficient (Wildman–Crippen LogP) is 4.77. The monoisotopic (exact) mass is 399 g/mol. The zero-order valence-corrected chi connectivity index (χ0v) is 17.1. The third-order valence-electron chi connectivity index (χ3n) is 4.11. The highest BCUT2D eigenvalue weighted by Crippen LogP contribution is 2.29. The lowest BCUT2D eigenvalue weighted by Gasteiger charge is -2.07. The van der Waals surface area contributed by atoms with Gasteiger partial charge in [-0.25, -0.2) is 0 Å². The minimum atomic E-state index is -0.250. The summed E-state index contributed by atoms with van der Waals surface area (Å²) in [6.07, 6.45) is 0. The second kappa shape index (κ2) is 9.01. The molecule has 1 heterocycles. The van der Waals surface area contributed by atoms with E-state index in [0.29, 0.717) is 10.9 Å². The smallest absolute Gasteiger partial charge is 0.264 e. The number of hydrogen-bond acceptors (Lipinski definition) is 6. The topological polar surface area (TPSA) is 64.1 Å². The van der Waals surface area contributed by atoms with Crippen molar-refractivity contribution in [3.05, 3.63) is 64.7 Å². The highest BCUT2D eigenvalue weighted by atomic mass is 32.2. The van der Waals surface area contributed by atoms with Gasteiger partial charge in [0.15, 0.2) is 10.9 Å². The number of anilines is 1. The summed E-state index contributed by atoms with van der Waals surface area (Å²) in [6, 6.07) is 14.0. The van der Waals surface area contributed by atoms with Crippen LogP contribution in [0.1, 0.15) is 22.3 Å². The summed E-state index contributed by atoms with van der Waals surface area (Å²) < 4.78 is 6.36. The Bertz CT molecular complexity index is 940. The van der Waals surface area contributed by atoms with Crippen LogP contribution in [-0.4, -0.2) is 22.7 Å². The fraction of sp³-hybridized carbons (Fsp3) is 0.250. The van der Waals surface area contributed by atoms with E-state index in [-0.39, 0.29) is 12.5 Å². The van der Waals surface area contributed by atoms with Crippen LogP contribution in [0.15, 0.2) is 46.8 Å². The fourth-order valence-corrected chi connectivity index (χ4v) is 4.18. The number of amides is 1. The lowest BCUT2D eigenvalue weighted by atomic mass is 10.1. The number of nitrogens with one attached hydrogen (secondary N) is 1. The normalized spacial score (nSPS) is 10.6. The average molecular weight is 400 g/mol. The molecule has 5 nitrogen and oxygen atoms in total. The number of carbonyl (C=O) groups excluding carboxylic acids is 1. The summed E-state index contributed by atoms with van der Waals surface area (Å²) in [5, 5.41) is 11.4. The molecular weight excluding hydrogens is 378 g/mol. The van der Waals surface area contributed by atoms with Crippen LogP contribution in [0.2, 0.25) is 0 Å². The van der Waals surface area contributed by atoms with Crippen LogP contribution in [0, 0.1) is 20.8 Å². The number of aryl methyl sites for hydroxylation is 3. The van der Waals surface area contributed by atoms with Crippen LogP contribution in [0.4, 0.5) is 5.13 Å². The minimum Gasteiger partial charge on any atom is -0.484 e. The quantitative estimate of drug-likeness (QED) is 0.458. The molecule has 0 aliphatic rings. The first-order chi connectivity index (χ1) is 13.0. The molecule has 7 heteroatoms. The zero-order chi connectivity index (χ0) is 19.2. The van der Waals surface area contributed by atoms with Crippen LogP contribution in [0.5, 0.6) is 5.75 Å². The third-order valence-corrected chi connectivity index (χ3v) is 6.13. The number of aromatic nitrogens is 2. The van der Waals surface area contributed by atoms with Crippen molar-refractivity contribution in [2.24, 2.45) is 0 Å². The molecule has 3 rings (SSSR count). The molecule has 1 N–H and O–H groups in total. The molecule has 140 valence electrons. The van der Waals surface area contributed by atoms with Gasteiger partial charge in [0.1, 0.15) is 5.75 Å². The van der Waals surface area contributed by atoms with Crippen molar-refractivity contribution in [1.29, 1.82) is 0 Å². The molecule has 0 saturated heterocycles. The molecule has 0 aliphatic heterocycles. The first-order valence-corrected chi connectivity index (χ1v) is 10.3. The zero-order valence-electron chi connectivity index (χ0n) is 15.5. The Morgan fingerprint density at radius 2 is 1.89 bits per heavy atom. The Kier molecular flexibility index (Phi) is 6.47. The maximum Gasteiger partial charge on any atom is 0.264 e. The summed E-state index contributed by atoms with van der Waals surface area (Å²) in [4.78, 5) is 12.1. The molecule has 0 atom stereocenters. The van der Waals surface area contributed by atoms with Gasteiger partial charge in [0.2, 0.25) is 5.13 Å². The SMILES string of the molecule is Cc1ccc(OCC(=O)Nc2nnc(SCc3ccccc3C)s2)cc1C. The number of hydrogen-bond donors (Lipinski definition) is 1. The molecule has 1 aromatic heterocycles. The molecule has 3 aromatic rings. The molecule has 0 spiro atoms. The Morgan fingerprint density at radius 1 is 1.07 bits per heavy atom. The summed E-state index contributed by atoms with van der Waals surface area (Å²) in [5.74, 6) is 1.25. The molecule has 0 radical (unpaired) electrons. The van der Waals surface area contributed by atoms with Gasteiger partial charge in [-0.05, 0) is 55.2 Å². The van der Waals surface area contributed by atoms with Gasteiger partial charge in [0.25, 0.3) is 5.91 Å². The molecule has 1 amide bonds. The van der Waals surface area contributed by atoms with Crippen LogP contribution < -0.4 is 10.1 Å². The number of ether oxygens (including phenoxy) is 1. The largest absolute Gasteiger partial charge is 0.484 e. The average Bonchev–Trinajstić information content (AvgIpc) is 3.09. The number of carbonyl (C=O) groups is 1. The van der Waals surface area contributed by atoms with Crippen molar-refractivity contribution in [3.63, 3.8) is 0 Å². The first kappa shape index (κ1) is 19.4. The van der Waals surface area contributed by atoms with Gasteiger partial charge in [-0.2, -0.15) is 0 Å². The van der Waals surface area contributed by atoms with Crippen molar-refractivity contribution in [1.82, 2.24) is 10.2 Å². The van der Waals surface area contributed by atoms with Crippen LogP contribution >= 0.6 is 23.1 Å². The Morgan fingerprint density at radius 3 is 2.67 bits per heavy atom. The van der Waals surface area contributed by atoms with E-state index >= 15 is 0 Å². The number of thioether (sulfide) groups is 1.